The fourth-order valence-corrected chi connectivity index (χ4v) is 4.45. The number of nitrogens with one attached hydrogen (secondary N) is 1. The molecule has 0 aromatic heterocycles. The van der Waals surface area contributed by atoms with Gasteiger partial charge in [-0.05, 0) is 67.8 Å². The van der Waals surface area contributed by atoms with Gasteiger partial charge in [-0.1, -0.05) is 0 Å². The molecule has 1 spiro atoms. The minimum atomic E-state index is -4.93. The number of carbonyl (C=O) groups is 2. The number of benzene rings is 2. The van der Waals surface area contributed by atoms with Crippen molar-refractivity contribution in [2.75, 3.05) is 16.8 Å². The summed E-state index contributed by atoms with van der Waals surface area (Å²) in [4.78, 5) is 27.2. The Hall–Kier alpha value is -3.52. The van der Waals surface area contributed by atoms with Gasteiger partial charge in [-0.3, -0.25) is 14.5 Å². The van der Waals surface area contributed by atoms with Crippen LogP contribution in [-0.2, 0) is 11.0 Å². The summed E-state index contributed by atoms with van der Waals surface area (Å²) in [5, 5.41) is 10.8. The first kappa shape index (κ1) is 20.1. The van der Waals surface area contributed by atoms with E-state index in [0.29, 0.717) is 17.4 Å². The second-order valence-corrected chi connectivity index (χ2v) is 7.92. The van der Waals surface area contributed by atoms with Crippen LogP contribution in [0, 0.1) is 17.1 Å². The summed E-state index contributed by atoms with van der Waals surface area (Å²) in [5.74, 6) is -2.94. The van der Waals surface area contributed by atoms with Crippen LogP contribution in [0.3, 0.4) is 0 Å². The monoisotopic (exact) mass is 478 g/mol. The molecule has 2 fully saturated rings. The Balaban J connectivity index is 1.92. The predicted molar refractivity (Wildman–Crippen MR) is 115 cm³/mol. The molecular formula is C22H16F4N4O2S. The number of amides is 2. The third-order valence-corrected chi connectivity index (χ3v) is 6.14. The number of hydrogen-bond donors (Lipinski definition) is 1. The van der Waals surface area contributed by atoms with Gasteiger partial charge in [-0.25, -0.2) is 4.39 Å². The molecule has 0 radical (unpaired) electrons. The fraction of sp³-hybridized carbons (Fsp3) is 0.273. The van der Waals surface area contributed by atoms with Gasteiger partial charge in [0.15, 0.2) is 5.11 Å². The molecule has 1 N–H and O–H groups in total. The molecule has 6 nitrogen and oxygen atoms in total. The van der Waals surface area contributed by atoms with Crippen LogP contribution in [0.15, 0.2) is 36.4 Å². The van der Waals surface area contributed by atoms with E-state index in [0.717, 1.165) is 23.1 Å². The number of carbonyl (C=O) groups excluding carboxylic acids is 2. The van der Waals surface area contributed by atoms with Crippen LogP contribution in [0.5, 0.6) is 0 Å². The van der Waals surface area contributed by atoms with Gasteiger partial charge in [0.2, 0.25) is 0 Å². The largest absolute Gasteiger partial charge is 0.418 e. The Labute approximate surface area is 194 Å². The molecule has 2 aromatic rings. The molecule has 2 aromatic carbocycles. The van der Waals surface area contributed by atoms with Crippen molar-refractivity contribution in [1.29, 1.82) is 5.26 Å². The van der Waals surface area contributed by atoms with Crippen molar-refractivity contribution in [3.8, 4) is 6.07 Å². The molecule has 1 heterocycles. The summed E-state index contributed by atoms with van der Waals surface area (Å²) in [6.45, 7) is 0. The minimum Gasteiger partial charge on any atom is -0.355 e. The fourth-order valence-electron chi connectivity index (χ4n) is 4.00. The summed E-state index contributed by atoms with van der Waals surface area (Å²) in [6.07, 6.45) is -4.12. The highest BCUT2D eigenvalue weighted by Gasteiger charge is 2.60. The Morgan fingerprint density at radius 1 is 1.33 bits per heavy atom. The third kappa shape index (κ3) is 3.41. The number of hydrogen-bond acceptors (Lipinski definition) is 4. The molecule has 2 amide bonds. The van der Waals surface area contributed by atoms with Crippen molar-refractivity contribution in [1.82, 2.24) is 5.32 Å². The van der Waals surface area contributed by atoms with Gasteiger partial charge in [0.25, 0.3) is 11.8 Å². The zero-order chi connectivity index (χ0) is 25.9. The van der Waals surface area contributed by atoms with E-state index in [-0.39, 0.29) is 18.4 Å². The SMILES string of the molecule is [2H]c1cc(C(=O)NC)c(F)c([2H])c1N1C(=S)N(c2ccc(C#N)cc2C(F)(F)F)C(=O)C12CCC2. The van der Waals surface area contributed by atoms with Gasteiger partial charge in [-0.15, -0.1) is 0 Å². The number of anilines is 2. The van der Waals surface area contributed by atoms with Gasteiger partial charge in [0, 0.05) is 12.7 Å². The Bertz CT molecular complexity index is 1340. The summed E-state index contributed by atoms with van der Waals surface area (Å²) in [7, 11) is 1.24. The molecular weight excluding hydrogens is 460 g/mol. The maximum absolute atomic E-state index is 15.0. The van der Waals surface area contributed by atoms with Gasteiger partial charge in [0.05, 0.1) is 31.2 Å². The van der Waals surface area contributed by atoms with Crippen molar-refractivity contribution >= 4 is 40.5 Å². The molecule has 1 aliphatic heterocycles. The molecule has 11 heteroatoms. The Morgan fingerprint density at radius 2 is 2.03 bits per heavy atom. The highest BCUT2D eigenvalue weighted by Crippen LogP contribution is 2.49. The number of alkyl halides is 3. The number of thiocarbonyl (C=S) groups is 1. The average Bonchev–Trinajstić information content (AvgIpc) is 3.01. The highest BCUT2D eigenvalue weighted by molar-refractivity contribution is 7.81. The van der Waals surface area contributed by atoms with E-state index in [2.05, 4.69) is 5.32 Å². The molecule has 1 saturated carbocycles. The molecule has 1 aliphatic carbocycles. The van der Waals surface area contributed by atoms with E-state index in [1.54, 1.807) is 6.07 Å². The first-order chi connectivity index (χ1) is 16.4. The normalized spacial score (nSPS) is 18.1. The number of nitriles is 1. The van der Waals surface area contributed by atoms with Crippen molar-refractivity contribution in [3.63, 3.8) is 0 Å². The van der Waals surface area contributed by atoms with Crippen molar-refractivity contribution in [2.24, 2.45) is 0 Å². The van der Waals surface area contributed by atoms with E-state index in [1.165, 1.54) is 7.05 Å². The average molecular weight is 478 g/mol. The second kappa shape index (κ2) is 7.81. The second-order valence-electron chi connectivity index (χ2n) is 7.55. The summed E-state index contributed by atoms with van der Waals surface area (Å²) >= 11 is 5.40. The van der Waals surface area contributed by atoms with Gasteiger partial charge >= 0.3 is 6.18 Å². The summed E-state index contributed by atoms with van der Waals surface area (Å²) in [6, 6.07) is 3.80. The summed E-state index contributed by atoms with van der Waals surface area (Å²) < 4.78 is 73.2. The van der Waals surface area contributed by atoms with Crippen LogP contribution >= 0.6 is 12.2 Å². The van der Waals surface area contributed by atoms with Crippen LogP contribution < -0.4 is 15.1 Å². The molecule has 170 valence electrons. The zero-order valence-electron chi connectivity index (χ0n) is 19.0. The lowest BCUT2D eigenvalue weighted by molar-refractivity contribution is -0.137. The van der Waals surface area contributed by atoms with Crippen molar-refractivity contribution in [2.45, 2.75) is 31.0 Å². The van der Waals surface area contributed by atoms with Gasteiger partial charge in [-0.2, -0.15) is 18.4 Å². The molecule has 0 unspecified atom stereocenters. The Kier molecular flexibility index (Phi) is 4.76. The maximum atomic E-state index is 15.0. The van der Waals surface area contributed by atoms with Gasteiger partial charge in [0.1, 0.15) is 11.4 Å². The van der Waals surface area contributed by atoms with Crippen molar-refractivity contribution < 1.29 is 29.9 Å². The van der Waals surface area contributed by atoms with E-state index < -0.39 is 69.0 Å². The smallest absolute Gasteiger partial charge is 0.355 e. The predicted octanol–water partition coefficient (Wildman–Crippen LogP) is 4.14. The van der Waals surface area contributed by atoms with Crippen LogP contribution in [0.1, 0.15) is 43.5 Å². The molecule has 33 heavy (non-hydrogen) atoms. The van der Waals surface area contributed by atoms with Crippen LogP contribution in [0.2, 0.25) is 0 Å². The third-order valence-electron chi connectivity index (χ3n) is 5.78. The molecule has 0 bridgehead atoms. The number of rotatable bonds is 3. The lowest BCUT2D eigenvalue weighted by atomic mass is 9.75. The van der Waals surface area contributed by atoms with Crippen LogP contribution in [0.25, 0.3) is 0 Å². The van der Waals surface area contributed by atoms with E-state index in [1.807, 2.05) is 0 Å². The lowest BCUT2D eigenvalue weighted by Crippen LogP contribution is -2.55. The van der Waals surface area contributed by atoms with Gasteiger partial charge < -0.3 is 10.2 Å². The number of nitrogens with zero attached hydrogens (tertiary/aromatic N) is 3. The first-order valence-corrected chi connectivity index (χ1v) is 10.1. The van der Waals surface area contributed by atoms with E-state index >= 15 is 0 Å². The zero-order valence-corrected chi connectivity index (χ0v) is 17.8. The highest BCUT2D eigenvalue weighted by atomic mass is 32.1. The molecule has 1 saturated heterocycles. The first-order valence-electron chi connectivity index (χ1n) is 10.7. The van der Waals surface area contributed by atoms with E-state index in [4.69, 9.17) is 20.2 Å². The topological polar surface area (TPSA) is 76.4 Å². The summed E-state index contributed by atoms with van der Waals surface area (Å²) in [5.41, 5.74) is -4.63. The Morgan fingerprint density at radius 3 is 2.58 bits per heavy atom. The van der Waals surface area contributed by atoms with Crippen LogP contribution in [-0.4, -0.2) is 29.5 Å². The quantitative estimate of drug-likeness (QED) is 0.530. The molecule has 4 rings (SSSR count). The molecule has 2 aliphatic rings. The van der Waals surface area contributed by atoms with Crippen LogP contribution in [0.4, 0.5) is 28.9 Å². The molecule has 0 atom stereocenters. The van der Waals surface area contributed by atoms with E-state index in [9.17, 15) is 27.2 Å². The number of halogens is 4. The lowest BCUT2D eigenvalue weighted by Gasteiger charge is -2.43. The minimum absolute atomic E-state index is 0.151. The maximum Gasteiger partial charge on any atom is 0.418 e. The van der Waals surface area contributed by atoms with Crippen molar-refractivity contribution in [3.05, 3.63) is 58.9 Å². The standard InChI is InChI=1S/C22H16F4N4O2S/c1-28-18(31)14-5-4-13(10-16(14)23)30-20(33)29(19(32)21(30)7-2-8-21)17-6-3-12(11-27)9-15(17)22(24,25)26/h3-6,9-10H,2,7-8H2,1H3,(H,28,31)/i4D,10D.